The van der Waals surface area contributed by atoms with Gasteiger partial charge in [-0.3, -0.25) is 0 Å². The molecule has 0 heterocycles. The van der Waals surface area contributed by atoms with Crippen molar-refractivity contribution in [2.24, 2.45) is 0 Å². The molecule has 0 saturated carbocycles. The molecule has 1 rings (SSSR count). The molecular weight excluding hydrogens is 306 g/mol. The standard InChI is InChI=1S/C10H16BrN3O2S/c1-14(2)12-13-17(15,16)10-5-3-9(4-6-10)7-8-11/h3-6,12-13H,7-8H2,1-2H3. The fourth-order valence-electron chi connectivity index (χ4n) is 1.15. The molecule has 0 atom stereocenters. The molecule has 0 aliphatic heterocycles. The van der Waals surface area contributed by atoms with Crippen LogP contribution in [0, 0.1) is 0 Å². The van der Waals surface area contributed by atoms with E-state index < -0.39 is 10.0 Å². The average Bonchev–Trinajstić information content (AvgIpc) is 2.28. The van der Waals surface area contributed by atoms with Crippen molar-refractivity contribution in [3.8, 4) is 0 Å². The van der Waals surface area contributed by atoms with E-state index in [0.717, 1.165) is 17.3 Å². The first-order valence-corrected chi connectivity index (χ1v) is 7.66. The van der Waals surface area contributed by atoms with Crippen molar-refractivity contribution >= 4 is 26.0 Å². The van der Waals surface area contributed by atoms with Gasteiger partial charge in [0.2, 0.25) is 0 Å². The predicted molar refractivity (Wildman–Crippen MR) is 71.1 cm³/mol. The maximum Gasteiger partial charge on any atom is 0.254 e. The number of sulfonamides is 1. The first-order valence-electron chi connectivity index (χ1n) is 5.05. The van der Waals surface area contributed by atoms with Crippen LogP contribution in [0.3, 0.4) is 0 Å². The molecule has 1 aromatic carbocycles. The van der Waals surface area contributed by atoms with Crippen molar-refractivity contribution in [1.82, 2.24) is 15.4 Å². The molecule has 96 valence electrons. The lowest BCUT2D eigenvalue weighted by atomic mass is 10.2. The van der Waals surface area contributed by atoms with Crippen molar-refractivity contribution in [2.75, 3.05) is 19.4 Å². The maximum atomic E-state index is 11.8. The molecule has 0 aliphatic rings. The molecule has 0 radical (unpaired) electrons. The molecule has 0 bridgehead atoms. The monoisotopic (exact) mass is 321 g/mol. The van der Waals surface area contributed by atoms with E-state index in [1.807, 2.05) is 12.1 Å². The number of benzene rings is 1. The summed E-state index contributed by atoms with van der Waals surface area (Å²) >= 11 is 3.34. The van der Waals surface area contributed by atoms with Crippen molar-refractivity contribution in [3.63, 3.8) is 0 Å². The van der Waals surface area contributed by atoms with Crippen LogP contribution >= 0.6 is 15.9 Å². The van der Waals surface area contributed by atoms with Crippen molar-refractivity contribution < 1.29 is 8.42 Å². The van der Waals surface area contributed by atoms with Gasteiger partial charge < -0.3 is 0 Å². The Kier molecular flexibility index (Phi) is 5.54. The summed E-state index contributed by atoms with van der Waals surface area (Å²) in [6, 6.07) is 6.81. The molecule has 0 fully saturated rings. The minimum atomic E-state index is -3.50. The van der Waals surface area contributed by atoms with E-state index in [2.05, 4.69) is 26.3 Å². The molecule has 1 aromatic rings. The van der Waals surface area contributed by atoms with Crippen LogP contribution in [-0.2, 0) is 16.4 Å². The topological polar surface area (TPSA) is 61.4 Å². The van der Waals surface area contributed by atoms with Gasteiger partial charge in [-0.1, -0.05) is 28.1 Å². The Labute approximate surface area is 110 Å². The van der Waals surface area contributed by atoms with Crippen LogP contribution in [0.1, 0.15) is 5.56 Å². The first kappa shape index (κ1) is 14.6. The normalized spacial score (nSPS) is 12.0. The summed E-state index contributed by atoms with van der Waals surface area (Å²) in [5, 5.41) is 2.37. The summed E-state index contributed by atoms with van der Waals surface area (Å²) in [5.74, 6) is 0. The zero-order chi connectivity index (χ0) is 12.9. The number of aryl methyl sites for hydroxylation is 1. The lowest BCUT2D eigenvalue weighted by Crippen LogP contribution is -2.45. The van der Waals surface area contributed by atoms with Gasteiger partial charge in [0, 0.05) is 19.4 Å². The van der Waals surface area contributed by atoms with Crippen molar-refractivity contribution in [2.45, 2.75) is 11.3 Å². The Morgan fingerprint density at radius 1 is 1.24 bits per heavy atom. The van der Waals surface area contributed by atoms with E-state index in [1.165, 1.54) is 5.01 Å². The van der Waals surface area contributed by atoms with Crippen molar-refractivity contribution in [1.29, 1.82) is 0 Å². The van der Waals surface area contributed by atoms with Gasteiger partial charge in [0.15, 0.2) is 0 Å². The minimum Gasteiger partial charge on any atom is -0.236 e. The fourth-order valence-corrected chi connectivity index (χ4v) is 2.53. The Balaban J connectivity index is 2.77. The molecule has 0 aromatic heterocycles. The van der Waals surface area contributed by atoms with Gasteiger partial charge in [-0.2, -0.15) is 5.53 Å². The van der Waals surface area contributed by atoms with Gasteiger partial charge in [-0.25, -0.2) is 13.4 Å². The number of hydrogen-bond acceptors (Lipinski definition) is 4. The zero-order valence-corrected chi connectivity index (χ0v) is 12.2. The second kappa shape index (κ2) is 6.46. The van der Waals surface area contributed by atoms with E-state index in [1.54, 1.807) is 26.2 Å². The highest BCUT2D eigenvalue weighted by Gasteiger charge is 2.13. The molecule has 0 spiro atoms. The zero-order valence-electron chi connectivity index (χ0n) is 9.77. The molecular formula is C10H16BrN3O2S. The van der Waals surface area contributed by atoms with Crippen LogP contribution in [0.25, 0.3) is 0 Å². The smallest absolute Gasteiger partial charge is 0.236 e. The Morgan fingerprint density at radius 3 is 2.29 bits per heavy atom. The number of alkyl halides is 1. The van der Waals surface area contributed by atoms with Crippen LogP contribution in [0.15, 0.2) is 29.2 Å². The number of hydrogen-bond donors (Lipinski definition) is 2. The molecule has 2 N–H and O–H groups in total. The van der Waals surface area contributed by atoms with Gasteiger partial charge in [0.05, 0.1) is 4.90 Å². The minimum absolute atomic E-state index is 0.241. The second-order valence-corrected chi connectivity index (χ2v) is 6.17. The quantitative estimate of drug-likeness (QED) is 0.603. The lowest BCUT2D eigenvalue weighted by molar-refractivity contribution is 0.271. The SMILES string of the molecule is CN(C)NNS(=O)(=O)c1ccc(CCBr)cc1. The third-order valence-electron chi connectivity index (χ3n) is 2.02. The van der Waals surface area contributed by atoms with Crippen LogP contribution in [-0.4, -0.2) is 32.9 Å². The summed E-state index contributed by atoms with van der Waals surface area (Å²) in [6.07, 6.45) is 0.879. The van der Waals surface area contributed by atoms with E-state index >= 15 is 0 Å². The number of rotatable bonds is 6. The van der Waals surface area contributed by atoms with E-state index in [9.17, 15) is 8.42 Å². The largest absolute Gasteiger partial charge is 0.254 e. The number of nitrogens with zero attached hydrogens (tertiary/aromatic N) is 1. The van der Waals surface area contributed by atoms with Gasteiger partial charge in [0.25, 0.3) is 10.0 Å². The molecule has 0 amide bonds. The summed E-state index contributed by atoms with van der Waals surface area (Å²) in [5.41, 5.74) is 3.61. The van der Waals surface area contributed by atoms with Crippen LogP contribution in [0.5, 0.6) is 0 Å². The third kappa shape index (κ3) is 4.72. The number of nitrogens with one attached hydrogen (secondary N) is 2. The number of hydrazine groups is 2. The molecule has 5 nitrogen and oxygen atoms in total. The maximum absolute atomic E-state index is 11.8. The number of halogens is 1. The molecule has 17 heavy (non-hydrogen) atoms. The predicted octanol–water partition coefficient (Wildman–Crippen LogP) is 0.884. The molecule has 7 heteroatoms. The lowest BCUT2D eigenvalue weighted by Gasteiger charge is -2.13. The third-order valence-corrected chi connectivity index (χ3v) is 3.67. The van der Waals surface area contributed by atoms with Crippen LogP contribution in [0.4, 0.5) is 0 Å². The summed E-state index contributed by atoms with van der Waals surface area (Å²) in [7, 11) is -0.109. The van der Waals surface area contributed by atoms with E-state index in [-0.39, 0.29) is 4.90 Å². The second-order valence-electron chi connectivity index (χ2n) is 3.69. The highest BCUT2D eigenvalue weighted by molar-refractivity contribution is 9.09. The molecule has 0 aliphatic carbocycles. The summed E-state index contributed by atoms with van der Waals surface area (Å²) in [6.45, 7) is 0. The highest BCUT2D eigenvalue weighted by Crippen LogP contribution is 2.10. The Bertz CT molecular complexity index is 445. The summed E-state index contributed by atoms with van der Waals surface area (Å²) < 4.78 is 23.6. The highest BCUT2D eigenvalue weighted by atomic mass is 79.9. The van der Waals surface area contributed by atoms with E-state index in [4.69, 9.17) is 0 Å². The van der Waals surface area contributed by atoms with Gasteiger partial charge >= 0.3 is 0 Å². The first-order chi connectivity index (χ1) is 7.95. The van der Waals surface area contributed by atoms with Gasteiger partial charge in [-0.05, 0) is 24.1 Å². The molecule has 0 unspecified atom stereocenters. The Hall–Kier alpha value is -0.470. The van der Waals surface area contributed by atoms with Crippen molar-refractivity contribution in [3.05, 3.63) is 29.8 Å². The average molecular weight is 322 g/mol. The van der Waals surface area contributed by atoms with Crippen LogP contribution in [0.2, 0.25) is 0 Å². The molecule has 0 saturated heterocycles. The van der Waals surface area contributed by atoms with Gasteiger partial charge in [-0.15, -0.1) is 4.83 Å². The fraction of sp³-hybridized carbons (Fsp3) is 0.400. The summed E-state index contributed by atoms with van der Waals surface area (Å²) in [4.78, 5) is 2.51. The van der Waals surface area contributed by atoms with E-state index in [0.29, 0.717) is 0 Å². The Morgan fingerprint density at radius 2 is 1.82 bits per heavy atom. The van der Waals surface area contributed by atoms with Crippen LogP contribution < -0.4 is 10.4 Å². The van der Waals surface area contributed by atoms with Gasteiger partial charge in [0.1, 0.15) is 0 Å².